The van der Waals surface area contributed by atoms with E-state index in [0.717, 1.165) is 0 Å². The van der Waals surface area contributed by atoms with Gasteiger partial charge in [0.1, 0.15) is 11.6 Å². The number of halogens is 1. The molecular weight excluding hydrogens is 369 g/mol. The largest absolute Gasteiger partial charge is 0.496 e. The van der Waals surface area contributed by atoms with Crippen LogP contribution >= 0.6 is 0 Å². The molecule has 1 saturated heterocycles. The zero-order chi connectivity index (χ0) is 20.3. The van der Waals surface area contributed by atoms with Gasteiger partial charge in [0.15, 0.2) is 0 Å². The summed E-state index contributed by atoms with van der Waals surface area (Å²) in [5.74, 6) is -0.954. The van der Waals surface area contributed by atoms with Crippen LogP contribution in [0.2, 0.25) is 0 Å². The van der Waals surface area contributed by atoms with Crippen LogP contribution in [0, 0.1) is 15.9 Å². The van der Waals surface area contributed by atoms with E-state index in [1.165, 1.54) is 54.5 Å². The molecular formula is C19H18FN3O5. The summed E-state index contributed by atoms with van der Waals surface area (Å²) in [6.45, 7) is 1.06. The third-order valence-corrected chi connectivity index (χ3v) is 4.55. The highest BCUT2D eigenvalue weighted by atomic mass is 19.1. The molecule has 1 aliphatic heterocycles. The molecule has 2 aromatic rings. The monoisotopic (exact) mass is 387 g/mol. The van der Waals surface area contributed by atoms with Crippen LogP contribution in [0.3, 0.4) is 0 Å². The van der Waals surface area contributed by atoms with Crippen molar-refractivity contribution in [1.82, 2.24) is 9.80 Å². The molecule has 1 fully saturated rings. The Labute approximate surface area is 160 Å². The molecule has 0 atom stereocenters. The van der Waals surface area contributed by atoms with Gasteiger partial charge in [-0.1, -0.05) is 6.07 Å². The summed E-state index contributed by atoms with van der Waals surface area (Å²) in [6.07, 6.45) is 0. The molecule has 1 heterocycles. The van der Waals surface area contributed by atoms with Crippen LogP contribution < -0.4 is 4.74 Å². The number of carbonyl (C=O) groups is 2. The number of methoxy groups -OCH3 is 1. The zero-order valence-corrected chi connectivity index (χ0v) is 15.1. The molecule has 2 amide bonds. The number of nitrogens with zero attached hydrogens (tertiary/aromatic N) is 3. The van der Waals surface area contributed by atoms with Crippen molar-refractivity contribution >= 4 is 17.5 Å². The van der Waals surface area contributed by atoms with Crippen molar-refractivity contribution in [2.75, 3.05) is 33.3 Å². The highest BCUT2D eigenvalue weighted by Gasteiger charge is 2.28. The number of ether oxygens (including phenoxy) is 1. The van der Waals surface area contributed by atoms with Crippen LogP contribution in [-0.2, 0) is 0 Å². The lowest BCUT2D eigenvalue weighted by atomic mass is 10.1. The average molecular weight is 387 g/mol. The highest BCUT2D eigenvalue weighted by Crippen LogP contribution is 2.26. The number of piperazine rings is 1. The van der Waals surface area contributed by atoms with Crippen molar-refractivity contribution in [3.63, 3.8) is 0 Å². The summed E-state index contributed by atoms with van der Waals surface area (Å²) in [7, 11) is 1.38. The smallest absolute Gasteiger partial charge is 0.270 e. The maximum Gasteiger partial charge on any atom is 0.270 e. The maximum atomic E-state index is 13.3. The molecule has 9 heteroatoms. The fourth-order valence-electron chi connectivity index (χ4n) is 3.06. The number of non-ortho nitro benzene ring substituents is 1. The van der Waals surface area contributed by atoms with Gasteiger partial charge in [-0.25, -0.2) is 4.39 Å². The molecule has 1 aliphatic rings. The summed E-state index contributed by atoms with van der Waals surface area (Å²) in [4.78, 5) is 38.8. The summed E-state index contributed by atoms with van der Waals surface area (Å²) in [5.41, 5.74) is 0.144. The molecule has 0 aliphatic carbocycles. The van der Waals surface area contributed by atoms with Crippen LogP contribution in [0.4, 0.5) is 10.1 Å². The number of hydrogen-bond acceptors (Lipinski definition) is 5. The second kappa shape index (κ2) is 8.03. The molecule has 0 aromatic heterocycles. The van der Waals surface area contributed by atoms with Gasteiger partial charge in [0, 0.05) is 43.9 Å². The minimum atomic E-state index is -0.578. The highest BCUT2D eigenvalue weighted by molar-refractivity contribution is 5.98. The first kappa shape index (κ1) is 19.3. The van der Waals surface area contributed by atoms with Crippen LogP contribution in [-0.4, -0.2) is 59.8 Å². The Morgan fingerprint density at radius 1 is 1.04 bits per heavy atom. The second-order valence-electron chi connectivity index (χ2n) is 6.24. The first-order valence-electron chi connectivity index (χ1n) is 8.57. The zero-order valence-electron chi connectivity index (χ0n) is 15.1. The SMILES string of the molecule is COc1ccc([N+](=O)[O-])cc1C(=O)N1CCN(C(=O)c2cccc(F)c2)CC1. The molecule has 146 valence electrons. The summed E-state index contributed by atoms with van der Waals surface area (Å²) in [6, 6.07) is 9.28. The van der Waals surface area contributed by atoms with Gasteiger partial charge >= 0.3 is 0 Å². The van der Waals surface area contributed by atoms with Gasteiger partial charge in [-0.2, -0.15) is 0 Å². The van der Waals surface area contributed by atoms with Gasteiger partial charge in [0.2, 0.25) is 0 Å². The van der Waals surface area contributed by atoms with Gasteiger partial charge in [-0.15, -0.1) is 0 Å². The summed E-state index contributed by atoms with van der Waals surface area (Å²) >= 11 is 0. The van der Waals surface area contributed by atoms with Crippen LogP contribution in [0.15, 0.2) is 42.5 Å². The number of rotatable bonds is 4. The topological polar surface area (TPSA) is 93.0 Å². The van der Waals surface area contributed by atoms with Crippen molar-refractivity contribution in [3.05, 3.63) is 69.5 Å². The molecule has 0 radical (unpaired) electrons. The number of carbonyl (C=O) groups excluding carboxylic acids is 2. The Hall–Kier alpha value is -3.49. The van der Waals surface area contributed by atoms with E-state index < -0.39 is 16.6 Å². The molecule has 0 bridgehead atoms. The van der Waals surface area contributed by atoms with Gasteiger partial charge in [0.05, 0.1) is 17.6 Å². The standard InChI is InChI=1S/C19H18FN3O5/c1-28-17-6-5-15(23(26)27)12-16(17)19(25)22-9-7-21(8-10-22)18(24)13-3-2-4-14(20)11-13/h2-6,11-12H,7-10H2,1H3. The van der Waals surface area contributed by atoms with Gasteiger partial charge in [0.25, 0.3) is 17.5 Å². The van der Waals surface area contributed by atoms with Gasteiger partial charge in [-0.3, -0.25) is 19.7 Å². The van der Waals surface area contributed by atoms with Crippen LogP contribution in [0.5, 0.6) is 5.75 Å². The lowest BCUT2D eigenvalue weighted by molar-refractivity contribution is -0.384. The minimum Gasteiger partial charge on any atom is -0.496 e. The predicted octanol–water partition coefficient (Wildman–Crippen LogP) is 2.34. The fourth-order valence-corrected chi connectivity index (χ4v) is 3.06. The third-order valence-electron chi connectivity index (χ3n) is 4.55. The van der Waals surface area contributed by atoms with E-state index in [1.807, 2.05) is 0 Å². The van der Waals surface area contributed by atoms with Crippen molar-refractivity contribution in [3.8, 4) is 5.75 Å². The quantitative estimate of drug-likeness (QED) is 0.593. The molecule has 0 N–H and O–H groups in total. The Balaban J connectivity index is 1.71. The van der Waals surface area contributed by atoms with E-state index in [9.17, 15) is 24.1 Å². The normalized spacial score (nSPS) is 13.9. The van der Waals surface area contributed by atoms with Crippen molar-refractivity contribution in [1.29, 1.82) is 0 Å². The lowest BCUT2D eigenvalue weighted by Crippen LogP contribution is -2.50. The van der Waals surface area contributed by atoms with Crippen LogP contribution in [0.1, 0.15) is 20.7 Å². The Morgan fingerprint density at radius 3 is 2.25 bits per heavy atom. The molecule has 3 rings (SSSR count). The molecule has 8 nitrogen and oxygen atoms in total. The van der Waals surface area contributed by atoms with Crippen molar-refractivity contribution in [2.45, 2.75) is 0 Å². The Kier molecular flexibility index (Phi) is 5.53. The fraction of sp³-hybridized carbons (Fsp3) is 0.263. The number of amides is 2. The predicted molar refractivity (Wildman–Crippen MR) is 97.9 cm³/mol. The van der Waals surface area contributed by atoms with Gasteiger partial charge < -0.3 is 14.5 Å². The number of nitro groups is 1. The van der Waals surface area contributed by atoms with Gasteiger partial charge in [-0.05, 0) is 24.3 Å². The third kappa shape index (κ3) is 3.93. The molecule has 0 spiro atoms. The first-order chi connectivity index (χ1) is 13.4. The molecule has 0 unspecified atom stereocenters. The van der Waals surface area contributed by atoms with E-state index in [2.05, 4.69) is 0 Å². The second-order valence-corrected chi connectivity index (χ2v) is 6.24. The summed E-state index contributed by atoms with van der Waals surface area (Å²) in [5, 5.41) is 11.0. The van der Waals surface area contributed by atoms with E-state index >= 15 is 0 Å². The first-order valence-corrected chi connectivity index (χ1v) is 8.57. The Morgan fingerprint density at radius 2 is 1.68 bits per heavy atom. The van der Waals surface area contributed by atoms with E-state index in [1.54, 1.807) is 4.90 Å². The van der Waals surface area contributed by atoms with Crippen LogP contribution in [0.25, 0.3) is 0 Å². The number of benzene rings is 2. The lowest BCUT2D eigenvalue weighted by Gasteiger charge is -2.35. The van der Waals surface area contributed by atoms with E-state index in [0.29, 0.717) is 0 Å². The molecule has 2 aromatic carbocycles. The maximum absolute atomic E-state index is 13.3. The minimum absolute atomic E-state index is 0.0987. The summed E-state index contributed by atoms with van der Waals surface area (Å²) < 4.78 is 18.5. The average Bonchev–Trinajstić information content (AvgIpc) is 2.72. The van der Waals surface area contributed by atoms with Crippen molar-refractivity contribution < 1.29 is 23.6 Å². The molecule has 0 saturated carbocycles. The van der Waals surface area contributed by atoms with E-state index in [4.69, 9.17) is 4.74 Å². The van der Waals surface area contributed by atoms with E-state index in [-0.39, 0.29) is 54.7 Å². The number of nitro benzene ring substituents is 1. The number of hydrogen-bond donors (Lipinski definition) is 0. The Bertz CT molecular complexity index is 926. The van der Waals surface area contributed by atoms with Crippen molar-refractivity contribution in [2.24, 2.45) is 0 Å². The molecule has 28 heavy (non-hydrogen) atoms.